The average molecular weight is 355 g/mol. The lowest BCUT2D eigenvalue weighted by Crippen LogP contribution is -2.54. The molecule has 2 aromatic rings. The molecule has 0 saturated carbocycles. The maximum atomic E-state index is 13.2. The highest BCUT2D eigenvalue weighted by atomic mass is 19.1. The van der Waals surface area contributed by atoms with Crippen molar-refractivity contribution in [3.63, 3.8) is 0 Å². The van der Waals surface area contributed by atoms with E-state index < -0.39 is 17.8 Å². The lowest BCUT2D eigenvalue weighted by molar-refractivity contribution is -0.133. The van der Waals surface area contributed by atoms with Gasteiger partial charge in [0.05, 0.1) is 0 Å². The summed E-state index contributed by atoms with van der Waals surface area (Å²) in [7, 11) is 0. The molecule has 0 bridgehead atoms. The standard InChI is InChI=1S/C20H22FN3O2/c1-15(22-19(25)16-6-5-7-17(21)14-16)20(26)24-12-10-23(11-13-24)18-8-3-2-4-9-18/h2-9,14-15H,10-13H2,1H3,(H,22,25)/t15-/m0/s1. The van der Waals surface area contributed by atoms with Crippen molar-refractivity contribution in [3.8, 4) is 0 Å². The molecule has 0 aromatic heterocycles. The van der Waals surface area contributed by atoms with E-state index in [-0.39, 0.29) is 11.5 Å². The predicted molar refractivity (Wildman–Crippen MR) is 98.6 cm³/mol. The van der Waals surface area contributed by atoms with E-state index >= 15 is 0 Å². The molecule has 0 spiro atoms. The van der Waals surface area contributed by atoms with Crippen molar-refractivity contribution < 1.29 is 14.0 Å². The van der Waals surface area contributed by atoms with Crippen molar-refractivity contribution in [2.45, 2.75) is 13.0 Å². The highest BCUT2D eigenvalue weighted by Crippen LogP contribution is 2.16. The SMILES string of the molecule is C[C@H](NC(=O)c1cccc(F)c1)C(=O)N1CCN(c2ccccc2)CC1. The van der Waals surface area contributed by atoms with Crippen molar-refractivity contribution >= 4 is 17.5 Å². The Bertz CT molecular complexity index is 774. The van der Waals surface area contributed by atoms with Gasteiger partial charge in [-0.15, -0.1) is 0 Å². The second kappa shape index (κ2) is 7.99. The summed E-state index contributed by atoms with van der Waals surface area (Å²) in [4.78, 5) is 28.8. The van der Waals surface area contributed by atoms with Crippen LogP contribution in [0.15, 0.2) is 54.6 Å². The molecule has 6 heteroatoms. The van der Waals surface area contributed by atoms with Crippen LogP contribution < -0.4 is 10.2 Å². The Kier molecular flexibility index (Phi) is 5.51. The molecule has 0 radical (unpaired) electrons. The molecule has 1 heterocycles. The van der Waals surface area contributed by atoms with Gasteiger partial charge in [-0.3, -0.25) is 9.59 Å². The molecule has 0 unspecified atom stereocenters. The molecule has 1 fully saturated rings. The Hall–Kier alpha value is -2.89. The van der Waals surface area contributed by atoms with Crippen LogP contribution in [-0.2, 0) is 4.79 Å². The minimum atomic E-state index is -0.658. The number of halogens is 1. The molecule has 1 saturated heterocycles. The van der Waals surface area contributed by atoms with Gasteiger partial charge in [0.2, 0.25) is 5.91 Å². The number of hydrogen-bond donors (Lipinski definition) is 1. The molecule has 5 nitrogen and oxygen atoms in total. The summed E-state index contributed by atoms with van der Waals surface area (Å²) >= 11 is 0. The van der Waals surface area contributed by atoms with E-state index in [0.29, 0.717) is 13.1 Å². The van der Waals surface area contributed by atoms with Crippen LogP contribution in [0.5, 0.6) is 0 Å². The zero-order valence-corrected chi connectivity index (χ0v) is 14.7. The summed E-state index contributed by atoms with van der Waals surface area (Å²) in [6.45, 7) is 4.37. The molecule has 136 valence electrons. The van der Waals surface area contributed by atoms with Crippen LogP contribution in [0.25, 0.3) is 0 Å². The number of amides is 2. The predicted octanol–water partition coefficient (Wildman–Crippen LogP) is 2.29. The van der Waals surface area contributed by atoms with E-state index in [4.69, 9.17) is 0 Å². The highest BCUT2D eigenvalue weighted by Gasteiger charge is 2.26. The number of anilines is 1. The number of carbonyl (C=O) groups excluding carboxylic acids is 2. The second-order valence-corrected chi connectivity index (χ2v) is 6.35. The van der Waals surface area contributed by atoms with Gasteiger partial charge in [0, 0.05) is 37.4 Å². The van der Waals surface area contributed by atoms with Gasteiger partial charge in [-0.05, 0) is 37.3 Å². The van der Waals surface area contributed by atoms with Gasteiger partial charge in [0.1, 0.15) is 11.9 Å². The van der Waals surface area contributed by atoms with Crippen LogP contribution in [0.3, 0.4) is 0 Å². The number of rotatable bonds is 4. The monoisotopic (exact) mass is 355 g/mol. The fourth-order valence-electron chi connectivity index (χ4n) is 3.07. The summed E-state index contributed by atoms with van der Waals surface area (Å²) in [5.41, 5.74) is 1.35. The molecule has 1 aliphatic rings. The Morgan fingerprint density at radius 3 is 2.35 bits per heavy atom. The quantitative estimate of drug-likeness (QED) is 0.916. The van der Waals surface area contributed by atoms with Crippen LogP contribution in [0.2, 0.25) is 0 Å². The molecule has 3 rings (SSSR count). The minimum absolute atomic E-state index is 0.123. The van der Waals surface area contributed by atoms with E-state index in [1.165, 1.54) is 18.2 Å². The molecule has 2 aromatic carbocycles. The summed E-state index contributed by atoms with van der Waals surface area (Å²) in [5, 5.41) is 2.65. The first-order valence-corrected chi connectivity index (χ1v) is 8.70. The molecule has 0 aliphatic carbocycles. The summed E-state index contributed by atoms with van der Waals surface area (Å²) in [6.07, 6.45) is 0. The molecular formula is C20H22FN3O2. The molecular weight excluding hydrogens is 333 g/mol. The fraction of sp³-hybridized carbons (Fsp3) is 0.300. The Morgan fingerprint density at radius 2 is 1.69 bits per heavy atom. The molecule has 1 N–H and O–H groups in total. The first-order valence-electron chi connectivity index (χ1n) is 8.70. The van der Waals surface area contributed by atoms with Crippen LogP contribution in [0.4, 0.5) is 10.1 Å². The normalized spacial score (nSPS) is 15.5. The van der Waals surface area contributed by atoms with Crippen molar-refractivity contribution in [1.82, 2.24) is 10.2 Å². The number of nitrogens with one attached hydrogen (secondary N) is 1. The Morgan fingerprint density at radius 1 is 1.00 bits per heavy atom. The van der Waals surface area contributed by atoms with Gasteiger partial charge in [-0.25, -0.2) is 4.39 Å². The third-order valence-corrected chi connectivity index (χ3v) is 4.52. The molecule has 1 atom stereocenters. The first kappa shape index (κ1) is 17.9. The van der Waals surface area contributed by atoms with Crippen molar-refractivity contribution in [2.75, 3.05) is 31.1 Å². The van der Waals surface area contributed by atoms with E-state index in [1.807, 2.05) is 18.2 Å². The minimum Gasteiger partial charge on any atom is -0.368 e. The van der Waals surface area contributed by atoms with Gasteiger partial charge in [-0.1, -0.05) is 24.3 Å². The summed E-state index contributed by atoms with van der Waals surface area (Å²) < 4.78 is 13.2. The number of piperazine rings is 1. The van der Waals surface area contributed by atoms with Gasteiger partial charge in [0.15, 0.2) is 0 Å². The average Bonchev–Trinajstić information content (AvgIpc) is 2.68. The van der Waals surface area contributed by atoms with Gasteiger partial charge in [0.25, 0.3) is 5.91 Å². The summed E-state index contributed by atoms with van der Waals surface area (Å²) in [5.74, 6) is -1.05. The third-order valence-electron chi connectivity index (χ3n) is 4.52. The lowest BCUT2D eigenvalue weighted by atomic mass is 10.1. The maximum Gasteiger partial charge on any atom is 0.252 e. The van der Waals surface area contributed by atoms with Gasteiger partial charge in [-0.2, -0.15) is 0 Å². The first-order chi connectivity index (χ1) is 12.5. The number of hydrogen-bond acceptors (Lipinski definition) is 3. The highest BCUT2D eigenvalue weighted by molar-refractivity contribution is 5.97. The van der Waals surface area contributed by atoms with E-state index in [9.17, 15) is 14.0 Å². The fourth-order valence-corrected chi connectivity index (χ4v) is 3.07. The van der Waals surface area contributed by atoms with Gasteiger partial charge >= 0.3 is 0 Å². The van der Waals surface area contributed by atoms with Crippen LogP contribution in [-0.4, -0.2) is 48.9 Å². The lowest BCUT2D eigenvalue weighted by Gasteiger charge is -2.37. The zero-order chi connectivity index (χ0) is 18.5. The van der Waals surface area contributed by atoms with Crippen molar-refractivity contribution in [2.24, 2.45) is 0 Å². The second-order valence-electron chi connectivity index (χ2n) is 6.35. The number of nitrogens with zero attached hydrogens (tertiary/aromatic N) is 2. The Balaban J connectivity index is 1.54. The number of benzene rings is 2. The van der Waals surface area contributed by atoms with Crippen LogP contribution in [0, 0.1) is 5.82 Å². The number of carbonyl (C=O) groups is 2. The Labute approximate surface area is 152 Å². The molecule has 1 aliphatic heterocycles. The van der Waals surface area contributed by atoms with E-state index in [0.717, 1.165) is 24.8 Å². The van der Waals surface area contributed by atoms with Crippen molar-refractivity contribution in [3.05, 3.63) is 66.0 Å². The topological polar surface area (TPSA) is 52.7 Å². The molecule has 26 heavy (non-hydrogen) atoms. The summed E-state index contributed by atoms with van der Waals surface area (Å²) in [6, 6.07) is 14.9. The number of para-hydroxylation sites is 1. The zero-order valence-electron chi connectivity index (χ0n) is 14.7. The molecule has 2 amide bonds. The smallest absolute Gasteiger partial charge is 0.252 e. The van der Waals surface area contributed by atoms with E-state index in [2.05, 4.69) is 22.3 Å². The van der Waals surface area contributed by atoms with E-state index in [1.54, 1.807) is 11.8 Å². The van der Waals surface area contributed by atoms with Gasteiger partial charge < -0.3 is 15.1 Å². The van der Waals surface area contributed by atoms with Crippen molar-refractivity contribution in [1.29, 1.82) is 0 Å². The van der Waals surface area contributed by atoms with Crippen LogP contribution >= 0.6 is 0 Å². The largest absolute Gasteiger partial charge is 0.368 e. The van der Waals surface area contributed by atoms with Crippen LogP contribution in [0.1, 0.15) is 17.3 Å². The maximum absolute atomic E-state index is 13.2. The third kappa shape index (κ3) is 4.20.